The number of amides is 1. The highest BCUT2D eigenvalue weighted by Crippen LogP contribution is 2.47. The van der Waals surface area contributed by atoms with Crippen LogP contribution in [0, 0.1) is 11.3 Å². The zero-order chi connectivity index (χ0) is 24.0. The first kappa shape index (κ1) is 23.5. The van der Waals surface area contributed by atoms with E-state index in [1.54, 1.807) is 0 Å². The minimum Gasteiger partial charge on any atom is -0.491 e. The Bertz CT molecular complexity index is 1080. The second kappa shape index (κ2) is 9.09. The molecule has 0 aromatic heterocycles. The molecule has 0 unspecified atom stereocenters. The SMILES string of the molecule is CC(C)Oc1ccc(-c2ccc3c(c2)CC(C)(C)[C@H]3NC(=O)O[C@@H]2CN3CCC2CC3)c(Cl)c1. The number of piperidine rings is 3. The zero-order valence-electron chi connectivity index (χ0n) is 20.6. The summed E-state index contributed by atoms with van der Waals surface area (Å²) in [5.74, 6) is 1.28. The van der Waals surface area contributed by atoms with Crippen LogP contribution in [0.3, 0.4) is 0 Å². The molecule has 182 valence electrons. The van der Waals surface area contributed by atoms with Crippen molar-refractivity contribution in [2.75, 3.05) is 19.6 Å². The summed E-state index contributed by atoms with van der Waals surface area (Å²) >= 11 is 6.61. The molecular formula is C28H35ClN2O3. The number of halogens is 1. The lowest BCUT2D eigenvalue weighted by Crippen LogP contribution is -2.53. The van der Waals surface area contributed by atoms with Gasteiger partial charge < -0.3 is 14.8 Å². The number of ether oxygens (including phenoxy) is 2. The standard InChI is InChI=1S/C28H35ClN2O3/c1-17(2)33-21-6-8-22(24(29)14-21)19-5-7-23-20(13-19)15-28(3,4)26(23)30-27(32)34-25-16-31-11-9-18(25)10-12-31/h5-8,13-14,17-18,25-26H,9-12,15-16H2,1-4H3,(H,30,32)/t25-,26+/m1/s1. The molecule has 0 spiro atoms. The molecule has 3 fully saturated rings. The van der Waals surface area contributed by atoms with E-state index >= 15 is 0 Å². The van der Waals surface area contributed by atoms with Crippen LogP contribution < -0.4 is 10.1 Å². The molecule has 1 aliphatic carbocycles. The third-order valence-electron chi connectivity index (χ3n) is 7.62. The number of hydrogen-bond donors (Lipinski definition) is 1. The van der Waals surface area contributed by atoms with Crippen LogP contribution in [-0.2, 0) is 11.2 Å². The predicted molar refractivity (Wildman–Crippen MR) is 135 cm³/mol. The van der Waals surface area contributed by atoms with Crippen molar-refractivity contribution < 1.29 is 14.3 Å². The molecule has 0 saturated carbocycles. The first-order valence-electron chi connectivity index (χ1n) is 12.5. The van der Waals surface area contributed by atoms with Crippen LogP contribution in [0.5, 0.6) is 5.75 Å². The highest BCUT2D eigenvalue weighted by molar-refractivity contribution is 6.33. The lowest BCUT2D eigenvalue weighted by Gasteiger charge is -2.44. The van der Waals surface area contributed by atoms with Gasteiger partial charge in [0.2, 0.25) is 0 Å². The smallest absolute Gasteiger partial charge is 0.407 e. The van der Waals surface area contributed by atoms with Crippen molar-refractivity contribution in [1.82, 2.24) is 10.2 Å². The molecule has 2 atom stereocenters. The van der Waals surface area contributed by atoms with Crippen molar-refractivity contribution in [2.45, 2.75) is 65.2 Å². The second-order valence-corrected chi connectivity index (χ2v) is 11.5. The number of fused-ring (bicyclic) bond motifs is 4. The van der Waals surface area contributed by atoms with E-state index in [1.165, 1.54) is 5.56 Å². The van der Waals surface area contributed by atoms with Gasteiger partial charge in [0.15, 0.2) is 0 Å². The Labute approximate surface area is 207 Å². The quantitative estimate of drug-likeness (QED) is 0.548. The summed E-state index contributed by atoms with van der Waals surface area (Å²) < 4.78 is 11.7. The number of nitrogens with one attached hydrogen (secondary N) is 1. The molecule has 3 aliphatic heterocycles. The average Bonchev–Trinajstić information content (AvgIpc) is 3.03. The maximum atomic E-state index is 12.9. The number of rotatable bonds is 5. The van der Waals surface area contributed by atoms with Gasteiger partial charge in [-0.05, 0) is 92.4 Å². The first-order valence-corrected chi connectivity index (χ1v) is 12.9. The van der Waals surface area contributed by atoms with Gasteiger partial charge >= 0.3 is 6.09 Å². The summed E-state index contributed by atoms with van der Waals surface area (Å²) in [5.41, 5.74) is 4.36. The van der Waals surface area contributed by atoms with Gasteiger partial charge in [-0.15, -0.1) is 0 Å². The van der Waals surface area contributed by atoms with Gasteiger partial charge in [0.1, 0.15) is 11.9 Å². The van der Waals surface area contributed by atoms with Gasteiger partial charge in [-0.1, -0.05) is 43.6 Å². The number of benzene rings is 2. The Morgan fingerprint density at radius 3 is 2.56 bits per heavy atom. The molecule has 1 N–H and O–H groups in total. The van der Waals surface area contributed by atoms with Crippen molar-refractivity contribution in [1.29, 1.82) is 0 Å². The molecule has 0 radical (unpaired) electrons. The molecule has 2 aromatic rings. The van der Waals surface area contributed by atoms with E-state index in [4.69, 9.17) is 21.1 Å². The van der Waals surface area contributed by atoms with Crippen molar-refractivity contribution in [3.05, 3.63) is 52.5 Å². The van der Waals surface area contributed by atoms with Crippen LogP contribution in [0.15, 0.2) is 36.4 Å². The maximum Gasteiger partial charge on any atom is 0.407 e. The normalized spacial score (nSPS) is 26.9. The van der Waals surface area contributed by atoms with Crippen molar-refractivity contribution >= 4 is 17.7 Å². The largest absolute Gasteiger partial charge is 0.491 e. The van der Waals surface area contributed by atoms with Crippen LogP contribution in [0.4, 0.5) is 4.79 Å². The number of hydrogen-bond acceptors (Lipinski definition) is 4. The molecule has 1 amide bonds. The summed E-state index contributed by atoms with van der Waals surface area (Å²) in [6.07, 6.45) is 2.96. The topological polar surface area (TPSA) is 50.8 Å². The Balaban J connectivity index is 1.32. The lowest BCUT2D eigenvalue weighted by atomic mass is 9.85. The Kier molecular flexibility index (Phi) is 6.28. The second-order valence-electron chi connectivity index (χ2n) is 11.0. The van der Waals surface area contributed by atoms with Gasteiger partial charge in [0, 0.05) is 12.1 Å². The number of carbonyl (C=O) groups is 1. The van der Waals surface area contributed by atoms with E-state index < -0.39 is 0 Å². The molecule has 3 saturated heterocycles. The van der Waals surface area contributed by atoms with Crippen molar-refractivity contribution in [3.63, 3.8) is 0 Å². The number of carbonyl (C=O) groups excluding carboxylic acids is 1. The molecule has 2 aromatic carbocycles. The monoisotopic (exact) mass is 482 g/mol. The molecule has 3 heterocycles. The fourth-order valence-electron chi connectivity index (χ4n) is 5.90. The van der Waals surface area contributed by atoms with E-state index in [2.05, 4.69) is 42.3 Å². The van der Waals surface area contributed by atoms with E-state index in [-0.39, 0.29) is 29.8 Å². The highest BCUT2D eigenvalue weighted by Gasteiger charge is 2.42. The van der Waals surface area contributed by atoms with E-state index in [1.807, 2.05) is 32.0 Å². The van der Waals surface area contributed by atoms with E-state index in [0.29, 0.717) is 10.9 Å². The lowest BCUT2D eigenvalue weighted by molar-refractivity contribution is -0.0348. The number of nitrogens with zero attached hydrogens (tertiary/aromatic N) is 1. The minimum absolute atomic E-state index is 0.0126. The number of alkyl carbamates (subject to hydrolysis) is 1. The average molecular weight is 483 g/mol. The molecular weight excluding hydrogens is 448 g/mol. The third kappa shape index (κ3) is 4.65. The molecule has 6 rings (SSSR count). The summed E-state index contributed by atoms with van der Waals surface area (Å²) in [6, 6.07) is 12.2. The molecule has 34 heavy (non-hydrogen) atoms. The van der Waals surface area contributed by atoms with E-state index in [0.717, 1.165) is 61.3 Å². The summed E-state index contributed by atoms with van der Waals surface area (Å²) in [4.78, 5) is 15.3. The Morgan fingerprint density at radius 1 is 1.15 bits per heavy atom. The maximum absolute atomic E-state index is 12.9. The van der Waals surface area contributed by atoms with Gasteiger partial charge in [-0.3, -0.25) is 4.90 Å². The van der Waals surface area contributed by atoms with Crippen LogP contribution in [0.1, 0.15) is 57.7 Å². The summed E-state index contributed by atoms with van der Waals surface area (Å²) in [7, 11) is 0. The van der Waals surface area contributed by atoms with E-state index in [9.17, 15) is 4.79 Å². The fraction of sp³-hybridized carbons (Fsp3) is 0.536. The van der Waals surface area contributed by atoms with Crippen molar-refractivity contribution in [2.24, 2.45) is 11.3 Å². The zero-order valence-corrected chi connectivity index (χ0v) is 21.3. The van der Waals surface area contributed by atoms with Gasteiger partial charge in [-0.2, -0.15) is 0 Å². The first-order chi connectivity index (χ1) is 16.2. The molecule has 6 heteroatoms. The predicted octanol–water partition coefficient (Wildman–Crippen LogP) is 6.24. The fourth-order valence-corrected chi connectivity index (χ4v) is 6.18. The van der Waals surface area contributed by atoms with Crippen LogP contribution in [0.25, 0.3) is 11.1 Å². The molecule has 5 nitrogen and oxygen atoms in total. The summed E-state index contributed by atoms with van der Waals surface area (Å²) in [6.45, 7) is 11.6. The van der Waals surface area contributed by atoms with Gasteiger partial charge in [0.05, 0.1) is 17.2 Å². The van der Waals surface area contributed by atoms with Gasteiger partial charge in [0.25, 0.3) is 0 Å². The summed E-state index contributed by atoms with van der Waals surface area (Å²) in [5, 5.41) is 3.88. The molecule has 4 aliphatic rings. The Hall–Kier alpha value is -2.24. The highest BCUT2D eigenvalue weighted by atomic mass is 35.5. The van der Waals surface area contributed by atoms with Gasteiger partial charge in [-0.25, -0.2) is 4.79 Å². The molecule has 2 bridgehead atoms. The van der Waals surface area contributed by atoms with Crippen molar-refractivity contribution in [3.8, 4) is 16.9 Å². The van der Waals surface area contributed by atoms with Crippen LogP contribution >= 0.6 is 11.6 Å². The van der Waals surface area contributed by atoms with Crippen LogP contribution in [-0.4, -0.2) is 42.8 Å². The minimum atomic E-state index is -0.294. The third-order valence-corrected chi connectivity index (χ3v) is 7.93. The Morgan fingerprint density at radius 2 is 1.91 bits per heavy atom. The van der Waals surface area contributed by atoms with Crippen LogP contribution in [0.2, 0.25) is 5.02 Å².